The zero-order valence-corrected chi connectivity index (χ0v) is 23.0. The van der Waals surface area contributed by atoms with Crippen molar-refractivity contribution >= 4 is 76.8 Å². The fourth-order valence-electron chi connectivity index (χ4n) is 6.80. The Morgan fingerprint density at radius 1 is 0.524 bits per heavy atom. The topological polar surface area (TPSA) is 75.0 Å². The number of nitrogens with zero attached hydrogens (tertiary/aromatic N) is 3. The van der Waals surface area contributed by atoms with Gasteiger partial charge in [0.25, 0.3) is 0 Å². The average molecular weight is 554 g/mol. The van der Waals surface area contributed by atoms with Crippen molar-refractivity contribution in [3.63, 3.8) is 0 Å². The Balaban J connectivity index is 1.22. The summed E-state index contributed by atoms with van der Waals surface area (Å²) in [7, 11) is 0. The van der Waals surface area contributed by atoms with Crippen LogP contribution in [-0.4, -0.2) is 52.6 Å². The van der Waals surface area contributed by atoms with E-state index in [4.69, 9.17) is 18.3 Å². The highest BCUT2D eigenvalue weighted by Crippen LogP contribution is 2.42. The molecule has 9 rings (SSSR count). The third-order valence-corrected chi connectivity index (χ3v) is 8.94. The van der Waals surface area contributed by atoms with E-state index < -0.39 is 0 Å². The van der Waals surface area contributed by atoms with Crippen molar-refractivity contribution in [2.24, 2.45) is 0 Å². The second-order valence-electron chi connectivity index (χ2n) is 11.3. The molecule has 7 nitrogen and oxygen atoms in total. The summed E-state index contributed by atoms with van der Waals surface area (Å²) in [5, 5.41) is 18.5. The van der Waals surface area contributed by atoms with Gasteiger partial charge in [-0.05, 0) is 70.1 Å². The van der Waals surface area contributed by atoms with E-state index in [1.807, 2.05) is 6.07 Å². The number of benzene rings is 5. The van der Waals surface area contributed by atoms with Gasteiger partial charge in [-0.25, -0.2) is 0 Å². The fraction of sp³-hybridized carbons (Fsp3) is 0.229. The Kier molecular flexibility index (Phi) is 5.19. The molecule has 0 amide bonds. The highest BCUT2D eigenvalue weighted by Gasteiger charge is 2.21. The van der Waals surface area contributed by atoms with Crippen LogP contribution in [0.3, 0.4) is 0 Å². The highest BCUT2D eigenvalue weighted by molar-refractivity contribution is 6.22. The maximum atomic E-state index is 10.5. The van der Waals surface area contributed by atoms with Crippen LogP contribution in [0.2, 0.25) is 0 Å². The second kappa shape index (κ2) is 9.12. The monoisotopic (exact) mass is 553 g/mol. The lowest BCUT2D eigenvalue weighted by atomic mass is 9.98. The van der Waals surface area contributed by atoms with E-state index in [0.717, 1.165) is 107 Å². The minimum absolute atomic E-state index is 0.591. The van der Waals surface area contributed by atoms with E-state index in [-0.39, 0.29) is 0 Å². The van der Waals surface area contributed by atoms with Gasteiger partial charge in [0.05, 0.1) is 32.0 Å². The summed E-state index contributed by atoms with van der Waals surface area (Å²) >= 11 is 0. The Labute approximate surface area is 241 Å². The Morgan fingerprint density at radius 3 is 1.45 bits per heavy atom. The third kappa shape index (κ3) is 3.59. The summed E-state index contributed by atoms with van der Waals surface area (Å²) in [6.45, 7) is 6.56. The number of anilines is 2. The second-order valence-corrected chi connectivity index (χ2v) is 11.3. The molecule has 2 aromatic heterocycles. The standard InChI is InChI=1S/C35H27N3O4/c36-20-29-34-27-15-21-1-3-25(37-5-9-39-10-6-37)13-23(21)17-30(27)41-32(34)19-33-35(29)28-16-22-2-4-26(38-7-11-40-12-8-38)14-24(22)18-31(28)42-33/h1-4,13-19H,5-12H2. The number of rotatable bonds is 2. The summed E-state index contributed by atoms with van der Waals surface area (Å²) in [6.07, 6.45) is 0. The van der Waals surface area contributed by atoms with E-state index in [2.05, 4.69) is 76.5 Å². The van der Waals surface area contributed by atoms with Gasteiger partial charge in [0.1, 0.15) is 28.4 Å². The van der Waals surface area contributed by atoms with Gasteiger partial charge < -0.3 is 28.1 Å². The van der Waals surface area contributed by atoms with E-state index in [1.165, 1.54) is 11.4 Å². The van der Waals surface area contributed by atoms with Gasteiger partial charge in [-0.15, -0.1) is 0 Å². The average Bonchev–Trinajstić information content (AvgIpc) is 3.58. The van der Waals surface area contributed by atoms with Gasteiger partial charge in [-0.3, -0.25) is 0 Å². The number of nitriles is 1. The molecule has 7 aromatic rings. The molecule has 7 heteroatoms. The van der Waals surface area contributed by atoms with Crippen LogP contribution in [0.1, 0.15) is 5.56 Å². The largest absolute Gasteiger partial charge is 0.456 e. The van der Waals surface area contributed by atoms with Gasteiger partial charge in [-0.2, -0.15) is 5.26 Å². The molecule has 0 unspecified atom stereocenters. The molecular weight excluding hydrogens is 526 g/mol. The highest BCUT2D eigenvalue weighted by atomic mass is 16.5. The van der Waals surface area contributed by atoms with Crippen molar-refractivity contribution in [2.45, 2.75) is 0 Å². The first kappa shape index (κ1) is 23.9. The molecule has 2 fully saturated rings. The normalized spacial score (nSPS) is 16.5. The number of morpholine rings is 2. The number of hydrogen-bond donors (Lipinski definition) is 0. The first-order valence-electron chi connectivity index (χ1n) is 14.5. The lowest BCUT2D eigenvalue weighted by Gasteiger charge is -2.29. The first-order valence-corrected chi connectivity index (χ1v) is 14.5. The molecule has 5 aromatic carbocycles. The minimum atomic E-state index is 0.591. The lowest BCUT2D eigenvalue weighted by Crippen LogP contribution is -2.36. The van der Waals surface area contributed by atoms with Crippen LogP contribution in [0.5, 0.6) is 0 Å². The summed E-state index contributed by atoms with van der Waals surface area (Å²) in [4.78, 5) is 4.71. The van der Waals surface area contributed by atoms with Crippen molar-refractivity contribution in [3.8, 4) is 6.07 Å². The van der Waals surface area contributed by atoms with Crippen LogP contribution < -0.4 is 9.80 Å². The molecule has 2 aliphatic heterocycles. The smallest absolute Gasteiger partial charge is 0.140 e. The zero-order valence-electron chi connectivity index (χ0n) is 23.0. The number of ether oxygens (including phenoxy) is 2. The number of furan rings is 2. The van der Waals surface area contributed by atoms with Crippen molar-refractivity contribution in [1.29, 1.82) is 5.26 Å². The van der Waals surface area contributed by atoms with E-state index in [9.17, 15) is 5.26 Å². The molecule has 206 valence electrons. The molecule has 2 aliphatic rings. The summed E-state index contributed by atoms with van der Waals surface area (Å²) in [6, 6.07) is 26.0. The van der Waals surface area contributed by atoms with E-state index in [1.54, 1.807) is 0 Å². The first-order chi connectivity index (χ1) is 20.7. The lowest BCUT2D eigenvalue weighted by molar-refractivity contribution is 0.122. The molecule has 0 N–H and O–H groups in total. The molecule has 0 radical (unpaired) electrons. The van der Waals surface area contributed by atoms with Gasteiger partial charge >= 0.3 is 0 Å². The molecule has 0 spiro atoms. The summed E-state index contributed by atoms with van der Waals surface area (Å²) < 4.78 is 23.8. The van der Waals surface area contributed by atoms with Gasteiger partial charge in [0.2, 0.25) is 0 Å². The minimum Gasteiger partial charge on any atom is -0.456 e. The SMILES string of the molecule is N#Cc1c2c(cc3oc4cc5cc(N6CCOCC6)ccc5cc4c13)oc1cc3cc(N4CCOCC4)ccc3cc12. The fourth-order valence-corrected chi connectivity index (χ4v) is 6.80. The summed E-state index contributed by atoms with van der Waals surface area (Å²) in [5.41, 5.74) is 5.83. The molecule has 2 saturated heterocycles. The number of fused-ring (bicyclic) bond motifs is 8. The molecule has 0 bridgehead atoms. The maximum absolute atomic E-state index is 10.5. The van der Waals surface area contributed by atoms with E-state index >= 15 is 0 Å². The zero-order chi connectivity index (χ0) is 27.8. The van der Waals surface area contributed by atoms with Crippen LogP contribution >= 0.6 is 0 Å². The molecular formula is C35H27N3O4. The molecule has 0 atom stereocenters. The Morgan fingerprint density at radius 2 is 1.00 bits per heavy atom. The van der Waals surface area contributed by atoms with Gasteiger partial charge in [-0.1, -0.05) is 12.1 Å². The molecule has 4 heterocycles. The predicted molar refractivity (Wildman–Crippen MR) is 167 cm³/mol. The maximum Gasteiger partial charge on any atom is 0.140 e. The third-order valence-electron chi connectivity index (χ3n) is 8.94. The van der Waals surface area contributed by atoms with Gasteiger partial charge in [0.15, 0.2) is 0 Å². The van der Waals surface area contributed by atoms with Crippen LogP contribution in [0.4, 0.5) is 11.4 Å². The van der Waals surface area contributed by atoms with Crippen molar-refractivity contribution in [3.05, 3.63) is 72.3 Å². The van der Waals surface area contributed by atoms with Crippen LogP contribution in [0.25, 0.3) is 65.4 Å². The predicted octanol–water partition coefficient (Wildman–Crippen LogP) is 7.34. The van der Waals surface area contributed by atoms with E-state index in [0.29, 0.717) is 16.7 Å². The molecule has 42 heavy (non-hydrogen) atoms. The molecule has 0 saturated carbocycles. The summed E-state index contributed by atoms with van der Waals surface area (Å²) in [5.74, 6) is 0. The quantitative estimate of drug-likeness (QED) is 0.222. The van der Waals surface area contributed by atoms with Gasteiger partial charge in [0, 0.05) is 65.2 Å². The number of hydrogen-bond acceptors (Lipinski definition) is 7. The van der Waals surface area contributed by atoms with Crippen LogP contribution in [-0.2, 0) is 9.47 Å². The van der Waals surface area contributed by atoms with Crippen molar-refractivity contribution < 1.29 is 18.3 Å². The Bertz CT molecular complexity index is 2090. The Hall–Kier alpha value is -4.77. The van der Waals surface area contributed by atoms with Crippen LogP contribution in [0, 0.1) is 11.3 Å². The van der Waals surface area contributed by atoms with Crippen LogP contribution in [0.15, 0.2) is 75.6 Å². The molecule has 0 aliphatic carbocycles. The van der Waals surface area contributed by atoms with Crippen molar-refractivity contribution in [1.82, 2.24) is 0 Å². The van der Waals surface area contributed by atoms with Crippen molar-refractivity contribution in [2.75, 3.05) is 62.4 Å².